The monoisotopic (exact) mass is 296 g/mol. The molecule has 0 bridgehead atoms. The van der Waals surface area contributed by atoms with Crippen LogP contribution < -0.4 is 5.32 Å². The summed E-state index contributed by atoms with van der Waals surface area (Å²) in [6, 6.07) is 2.08. The number of hydrogen-bond donors (Lipinski definition) is 1. The standard InChI is InChI=1S/C13H20N4S2/c1-4-14-12-10-5-7-19-13(10)16-11(15-12)9-17(2)6-8-18-3/h5,7H,4,6,8-9H2,1-3H3,(H,14,15,16). The van der Waals surface area contributed by atoms with Crippen molar-refractivity contribution in [1.29, 1.82) is 0 Å². The summed E-state index contributed by atoms with van der Waals surface area (Å²) in [5.74, 6) is 2.99. The van der Waals surface area contributed by atoms with Crippen LogP contribution in [0.5, 0.6) is 0 Å². The number of anilines is 1. The maximum atomic E-state index is 4.65. The molecule has 0 atom stereocenters. The van der Waals surface area contributed by atoms with Gasteiger partial charge < -0.3 is 5.32 Å². The molecule has 0 fully saturated rings. The minimum absolute atomic E-state index is 0.798. The number of fused-ring (bicyclic) bond motifs is 1. The van der Waals surface area contributed by atoms with Crippen LogP contribution in [0.2, 0.25) is 0 Å². The Hall–Kier alpha value is -0.850. The predicted octanol–water partition coefficient (Wildman–Crippen LogP) is 2.92. The Morgan fingerprint density at radius 1 is 1.42 bits per heavy atom. The van der Waals surface area contributed by atoms with Gasteiger partial charge in [0.25, 0.3) is 0 Å². The molecule has 0 saturated heterocycles. The summed E-state index contributed by atoms with van der Waals surface area (Å²) in [7, 11) is 2.12. The van der Waals surface area contributed by atoms with Crippen molar-refractivity contribution in [1.82, 2.24) is 14.9 Å². The Morgan fingerprint density at radius 2 is 2.26 bits per heavy atom. The highest BCUT2D eigenvalue weighted by molar-refractivity contribution is 7.98. The molecule has 0 amide bonds. The van der Waals surface area contributed by atoms with Crippen LogP contribution in [0.4, 0.5) is 5.82 Å². The zero-order valence-electron chi connectivity index (χ0n) is 11.6. The van der Waals surface area contributed by atoms with Crippen LogP contribution in [0.3, 0.4) is 0 Å². The van der Waals surface area contributed by atoms with Gasteiger partial charge in [0, 0.05) is 18.8 Å². The van der Waals surface area contributed by atoms with Crippen LogP contribution in [0.25, 0.3) is 10.2 Å². The van der Waals surface area contributed by atoms with E-state index in [0.717, 1.165) is 47.2 Å². The van der Waals surface area contributed by atoms with Gasteiger partial charge in [0.05, 0.1) is 11.9 Å². The van der Waals surface area contributed by atoms with E-state index < -0.39 is 0 Å². The third-order valence-corrected chi connectivity index (χ3v) is 4.20. The van der Waals surface area contributed by atoms with Crippen LogP contribution in [0, 0.1) is 0 Å². The van der Waals surface area contributed by atoms with Crippen molar-refractivity contribution in [2.24, 2.45) is 0 Å². The largest absolute Gasteiger partial charge is 0.370 e. The SMILES string of the molecule is CCNc1nc(CN(C)CCSC)nc2sccc12. The maximum absolute atomic E-state index is 4.65. The Morgan fingerprint density at radius 3 is 3.00 bits per heavy atom. The minimum Gasteiger partial charge on any atom is -0.370 e. The summed E-state index contributed by atoms with van der Waals surface area (Å²) in [6.07, 6.45) is 2.13. The van der Waals surface area contributed by atoms with Gasteiger partial charge in [0.1, 0.15) is 16.5 Å². The van der Waals surface area contributed by atoms with Crippen LogP contribution >= 0.6 is 23.1 Å². The molecule has 0 aliphatic rings. The summed E-state index contributed by atoms with van der Waals surface area (Å²) in [6.45, 7) is 4.82. The van der Waals surface area contributed by atoms with Gasteiger partial charge in [0.2, 0.25) is 0 Å². The Kier molecular flexibility index (Phi) is 5.42. The second kappa shape index (κ2) is 7.07. The van der Waals surface area contributed by atoms with Gasteiger partial charge in [-0.2, -0.15) is 11.8 Å². The summed E-state index contributed by atoms with van der Waals surface area (Å²) in [5, 5.41) is 6.52. The molecular formula is C13H20N4S2. The van der Waals surface area contributed by atoms with Gasteiger partial charge in [-0.1, -0.05) is 0 Å². The molecule has 6 heteroatoms. The van der Waals surface area contributed by atoms with Crippen molar-refractivity contribution in [3.05, 3.63) is 17.3 Å². The van der Waals surface area contributed by atoms with Gasteiger partial charge in [-0.25, -0.2) is 9.97 Å². The number of thioether (sulfide) groups is 1. The van der Waals surface area contributed by atoms with E-state index in [1.165, 1.54) is 0 Å². The van der Waals surface area contributed by atoms with Gasteiger partial charge in [-0.3, -0.25) is 4.90 Å². The van der Waals surface area contributed by atoms with Crippen molar-refractivity contribution in [2.75, 3.05) is 37.5 Å². The molecule has 0 saturated carbocycles. The number of nitrogens with one attached hydrogen (secondary N) is 1. The van der Waals surface area contributed by atoms with Crippen LogP contribution in [0.15, 0.2) is 11.4 Å². The Balaban J connectivity index is 2.18. The smallest absolute Gasteiger partial charge is 0.146 e. The highest BCUT2D eigenvalue weighted by atomic mass is 32.2. The normalized spacial score (nSPS) is 11.4. The van der Waals surface area contributed by atoms with E-state index >= 15 is 0 Å². The molecule has 2 aromatic rings. The maximum Gasteiger partial charge on any atom is 0.146 e. The Labute approximate surface area is 122 Å². The van der Waals surface area contributed by atoms with Crippen molar-refractivity contribution in [3.63, 3.8) is 0 Å². The molecule has 0 unspecified atom stereocenters. The second-order valence-electron chi connectivity index (χ2n) is 4.39. The van der Waals surface area contributed by atoms with Crippen LogP contribution in [0.1, 0.15) is 12.7 Å². The number of aromatic nitrogens is 2. The summed E-state index contributed by atoms with van der Waals surface area (Å²) < 4.78 is 0. The molecule has 0 aromatic carbocycles. The molecule has 104 valence electrons. The predicted molar refractivity (Wildman–Crippen MR) is 86.3 cm³/mol. The first-order valence-corrected chi connectivity index (χ1v) is 8.67. The number of thiophene rings is 1. The van der Waals surface area contributed by atoms with Gasteiger partial charge in [-0.15, -0.1) is 11.3 Å². The summed E-state index contributed by atoms with van der Waals surface area (Å²) in [5.41, 5.74) is 0. The zero-order chi connectivity index (χ0) is 13.7. The average Bonchev–Trinajstić information content (AvgIpc) is 2.85. The lowest BCUT2D eigenvalue weighted by molar-refractivity contribution is 0.340. The van der Waals surface area contributed by atoms with Crippen molar-refractivity contribution in [2.45, 2.75) is 13.5 Å². The highest BCUT2D eigenvalue weighted by Crippen LogP contribution is 2.25. The topological polar surface area (TPSA) is 41.1 Å². The summed E-state index contributed by atoms with van der Waals surface area (Å²) >= 11 is 3.54. The summed E-state index contributed by atoms with van der Waals surface area (Å²) in [4.78, 5) is 12.6. The first-order valence-electron chi connectivity index (χ1n) is 6.40. The van der Waals surface area contributed by atoms with E-state index in [4.69, 9.17) is 0 Å². The lowest BCUT2D eigenvalue weighted by atomic mass is 10.3. The Bertz CT molecular complexity index is 526. The lowest BCUT2D eigenvalue weighted by Crippen LogP contribution is -2.22. The molecule has 2 heterocycles. The van der Waals surface area contributed by atoms with E-state index in [-0.39, 0.29) is 0 Å². The lowest BCUT2D eigenvalue weighted by Gasteiger charge is -2.15. The van der Waals surface area contributed by atoms with Crippen molar-refractivity contribution in [3.8, 4) is 0 Å². The molecule has 0 aliphatic carbocycles. The van der Waals surface area contributed by atoms with Crippen LogP contribution in [-0.2, 0) is 6.54 Å². The molecule has 0 radical (unpaired) electrons. The fourth-order valence-corrected chi connectivity index (χ4v) is 3.12. The van der Waals surface area contributed by atoms with E-state index in [9.17, 15) is 0 Å². The number of nitrogens with zero attached hydrogens (tertiary/aromatic N) is 3. The first-order chi connectivity index (χ1) is 9.24. The minimum atomic E-state index is 0.798. The van der Waals surface area contributed by atoms with Gasteiger partial charge in [0.15, 0.2) is 0 Å². The van der Waals surface area contributed by atoms with Gasteiger partial charge >= 0.3 is 0 Å². The quantitative estimate of drug-likeness (QED) is 0.851. The first kappa shape index (κ1) is 14.6. The fourth-order valence-electron chi connectivity index (χ4n) is 1.84. The zero-order valence-corrected chi connectivity index (χ0v) is 13.3. The van der Waals surface area contributed by atoms with E-state index in [1.54, 1.807) is 11.3 Å². The third-order valence-electron chi connectivity index (χ3n) is 2.80. The third kappa shape index (κ3) is 3.81. The van der Waals surface area contributed by atoms with Crippen LogP contribution in [-0.4, -0.2) is 47.0 Å². The van der Waals surface area contributed by atoms with E-state index in [0.29, 0.717) is 0 Å². The molecule has 2 rings (SSSR count). The van der Waals surface area contributed by atoms with Gasteiger partial charge in [-0.05, 0) is 31.7 Å². The van der Waals surface area contributed by atoms with E-state index in [1.807, 2.05) is 11.8 Å². The highest BCUT2D eigenvalue weighted by Gasteiger charge is 2.09. The second-order valence-corrected chi connectivity index (χ2v) is 6.27. The molecular weight excluding hydrogens is 276 g/mol. The number of rotatable bonds is 7. The molecule has 1 N–H and O–H groups in total. The molecule has 0 aliphatic heterocycles. The molecule has 4 nitrogen and oxygen atoms in total. The average molecular weight is 296 g/mol. The fraction of sp³-hybridized carbons (Fsp3) is 0.538. The van der Waals surface area contributed by atoms with Crippen molar-refractivity contribution >= 4 is 39.1 Å². The molecule has 19 heavy (non-hydrogen) atoms. The molecule has 0 spiro atoms. The number of hydrogen-bond acceptors (Lipinski definition) is 6. The molecule has 2 aromatic heterocycles. The van der Waals surface area contributed by atoms with E-state index in [2.05, 4.69) is 51.9 Å². The van der Waals surface area contributed by atoms with Crippen molar-refractivity contribution < 1.29 is 0 Å².